The van der Waals surface area contributed by atoms with Gasteiger partial charge < -0.3 is 14.5 Å². The summed E-state index contributed by atoms with van der Waals surface area (Å²) in [5.41, 5.74) is 2.25. The number of carbonyl (C=O) groups is 1. The predicted molar refractivity (Wildman–Crippen MR) is 105 cm³/mol. The summed E-state index contributed by atoms with van der Waals surface area (Å²) < 4.78 is 3.34. The highest BCUT2D eigenvalue weighted by Gasteiger charge is 2.26. The number of halogens is 1. The number of hydrogen-bond donors (Lipinski definition) is 1. The number of rotatable bonds is 3. The van der Waals surface area contributed by atoms with E-state index in [1.165, 1.54) is 4.57 Å². The Bertz CT molecular complexity index is 1060. The van der Waals surface area contributed by atoms with Gasteiger partial charge in [-0.15, -0.1) is 0 Å². The normalized spacial score (nSPS) is 11.8. The van der Waals surface area contributed by atoms with Crippen molar-refractivity contribution in [2.45, 2.75) is 26.3 Å². The number of amides is 1. The molecule has 0 saturated heterocycles. The van der Waals surface area contributed by atoms with Gasteiger partial charge in [0, 0.05) is 31.5 Å². The molecule has 0 aliphatic rings. The first-order valence-corrected chi connectivity index (χ1v) is 8.73. The van der Waals surface area contributed by atoms with Crippen molar-refractivity contribution < 1.29 is 4.79 Å². The fourth-order valence-corrected chi connectivity index (χ4v) is 3.49. The van der Waals surface area contributed by atoms with Crippen LogP contribution in [-0.2, 0) is 19.6 Å². The Morgan fingerprint density at radius 3 is 2.31 bits per heavy atom. The Balaban J connectivity index is 2.06. The van der Waals surface area contributed by atoms with E-state index in [2.05, 4.69) is 5.32 Å². The van der Waals surface area contributed by atoms with Gasteiger partial charge in [0.1, 0.15) is 0 Å². The SMILES string of the molecule is Cc1cn(C)c(=O)c2c(C(=O)NC(C)(C)c3ccc(Cl)cc3)cn(C)c12. The van der Waals surface area contributed by atoms with Crippen LogP contribution in [0.2, 0.25) is 5.02 Å². The number of nitrogens with zero attached hydrogens (tertiary/aromatic N) is 2. The van der Waals surface area contributed by atoms with Crippen molar-refractivity contribution in [3.63, 3.8) is 0 Å². The summed E-state index contributed by atoms with van der Waals surface area (Å²) in [6.07, 6.45) is 3.50. The third-order valence-electron chi connectivity index (χ3n) is 4.71. The maximum absolute atomic E-state index is 13.0. The minimum absolute atomic E-state index is 0.180. The van der Waals surface area contributed by atoms with Gasteiger partial charge in [-0.05, 0) is 44.0 Å². The highest BCUT2D eigenvalue weighted by Crippen LogP contribution is 2.25. The molecule has 1 amide bonds. The fourth-order valence-electron chi connectivity index (χ4n) is 3.37. The van der Waals surface area contributed by atoms with Gasteiger partial charge in [0.05, 0.1) is 22.0 Å². The minimum atomic E-state index is -0.612. The summed E-state index contributed by atoms with van der Waals surface area (Å²) in [5.74, 6) is -0.279. The number of fused-ring (bicyclic) bond motifs is 1. The van der Waals surface area contributed by atoms with Crippen molar-refractivity contribution in [2.75, 3.05) is 0 Å². The van der Waals surface area contributed by atoms with E-state index < -0.39 is 5.54 Å². The summed E-state index contributed by atoms with van der Waals surface area (Å²) in [7, 11) is 3.54. The monoisotopic (exact) mass is 371 g/mol. The molecular weight excluding hydrogens is 350 g/mol. The van der Waals surface area contributed by atoms with Crippen LogP contribution in [0, 0.1) is 6.92 Å². The largest absolute Gasteiger partial charge is 0.349 e. The minimum Gasteiger partial charge on any atom is -0.349 e. The van der Waals surface area contributed by atoms with E-state index >= 15 is 0 Å². The first-order chi connectivity index (χ1) is 12.1. The van der Waals surface area contributed by atoms with Crippen molar-refractivity contribution >= 4 is 28.4 Å². The quantitative estimate of drug-likeness (QED) is 0.766. The van der Waals surface area contributed by atoms with E-state index in [0.717, 1.165) is 16.6 Å². The summed E-state index contributed by atoms with van der Waals surface area (Å²) in [4.78, 5) is 25.7. The number of aromatic nitrogens is 2. The lowest BCUT2D eigenvalue weighted by molar-refractivity contribution is 0.0913. The first kappa shape index (κ1) is 18.3. The molecule has 2 heterocycles. The van der Waals surface area contributed by atoms with Crippen LogP contribution >= 0.6 is 11.6 Å². The maximum atomic E-state index is 13.0. The molecule has 0 fully saturated rings. The molecule has 6 heteroatoms. The standard InChI is InChI=1S/C20H22ClN3O2/c1-12-10-24(5)19(26)16-15(11-23(4)17(12)16)18(25)22-20(2,3)13-6-8-14(21)9-7-13/h6-11H,1-5H3,(H,22,25). The Labute approximate surface area is 157 Å². The number of pyridine rings is 1. The number of aryl methyl sites for hydroxylation is 3. The molecule has 1 N–H and O–H groups in total. The Hall–Kier alpha value is -2.53. The van der Waals surface area contributed by atoms with Gasteiger partial charge >= 0.3 is 0 Å². The molecule has 0 aliphatic heterocycles. The molecule has 0 unspecified atom stereocenters. The van der Waals surface area contributed by atoms with Crippen LogP contribution in [0.4, 0.5) is 0 Å². The lowest BCUT2D eigenvalue weighted by atomic mass is 9.94. The maximum Gasteiger partial charge on any atom is 0.260 e. The van der Waals surface area contributed by atoms with Crippen molar-refractivity contribution in [1.82, 2.24) is 14.5 Å². The third kappa shape index (κ3) is 3.03. The average Bonchev–Trinajstić information content (AvgIpc) is 2.91. The fraction of sp³-hybridized carbons (Fsp3) is 0.300. The number of nitrogens with one attached hydrogen (secondary N) is 1. The Morgan fingerprint density at radius 2 is 1.69 bits per heavy atom. The molecule has 1 aromatic carbocycles. The van der Waals surface area contributed by atoms with Crippen molar-refractivity contribution in [3.8, 4) is 0 Å². The molecule has 136 valence electrons. The smallest absolute Gasteiger partial charge is 0.260 e. The van der Waals surface area contributed by atoms with Crippen LogP contribution in [-0.4, -0.2) is 15.0 Å². The van der Waals surface area contributed by atoms with Crippen LogP contribution in [0.25, 0.3) is 10.9 Å². The summed E-state index contributed by atoms with van der Waals surface area (Å²) in [6, 6.07) is 7.35. The molecule has 0 spiro atoms. The molecule has 0 radical (unpaired) electrons. The van der Waals surface area contributed by atoms with Gasteiger partial charge in [-0.1, -0.05) is 23.7 Å². The Morgan fingerprint density at radius 1 is 1.08 bits per heavy atom. The van der Waals surface area contributed by atoms with Gasteiger partial charge in [0.15, 0.2) is 0 Å². The molecule has 0 aliphatic carbocycles. The molecule has 3 aromatic rings. The van der Waals surface area contributed by atoms with Gasteiger partial charge in [0.2, 0.25) is 0 Å². The van der Waals surface area contributed by atoms with E-state index in [1.54, 1.807) is 31.6 Å². The molecule has 0 atom stereocenters. The van der Waals surface area contributed by atoms with E-state index in [-0.39, 0.29) is 11.5 Å². The van der Waals surface area contributed by atoms with Crippen LogP contribution in [0.3, 0.4) is 0 Å². The van der Waals surface area contributed by atoms with E-state index in [9.17, 15) is 9.59 Å². The Kier molecular flexibility index (Phi) is 4.44. The lowest BCUT2D eigenvalue weighted by Crippen LogP contribution is -2.41. The third-order valence-corrected chi connectivity index (χ3v) is 4.97. The van der Waals surface area contributed by atoms with Crippen LogP contribution in [0.1, 0.15) is 35.3 Å². The lowest BCUT2D eigenvalue weighted by Gasteiger charge is -2.27. The highest BCUT2D eigenvalue weighted by molar-refractivity contribution is 6.30. The van der Waals surface area contributed by atoms with Gasteiger partial charge in [0.25, 0.3) is 11.5 Å². The first-order valence-electron chi connectivity index (χ1n) is 8.35. The van der Waals surface area contributed by atoms with Crippen molar-refractivity contribution in [3.05, 3.63) is 68.7 Å². The van der Waals surface area contributed by atoms with E-state index in [0.29, 0.717) is 16.0 Å². The zero-order chi connectivity index (χ0) is 19.2. The highest BCUT2D eigenvalue weighted by atomic mass is 35.5. The van der Waals surface area contributed by atoms with Crippen LogP contribution in [0.5, 0.6) is 0 Å². The van der Waals surface area contributed by atoms with Gasteiger partial charge in [-0.2, -0.15) is 0 Å². The van der Waals surface area contributed by atoms with E-state index in [4.69, 9.17) is 11.6 Å². The van der Waals surface area contributed by atoms with Crippen LogP contribution < -0.4 is 10.9 Å². The second kappa shape index (κ2) is 6.32. The molecule has 5 nitrogen and oxygen atoms in total. The predicted octanol–water partition coefficient (Wildman–Crippen LogP) is 3.50. The number of benzene rings is 1. The molecular formula is C20H22ClN3O2. The second-order valence-electron chi connectivity index (χ2n) is 7.19. The summed E-state index contributed by atoms with van der Waals surface area (Å²) in [5, 5.41) is 4.12. The second-order valence-corrected chi connectivity index (χ2v) is 7.63. The molecule has 0 bridgehead atoms. The van der Waals surface area contributed by atoms with Gasteiger partial charge in [-0.25, -0.2) is 0 Å². The molecule has 2 aromatic heterocycles. The molecule has 3 rings (SSSR count). The number of hydrogen-bond acceptors (Lipinski definition) is 2. The van der Waals surface area contributed by atoms with E-state index in [1.807, 2.05) is 44.5 Å². The van der Waals surface area contributed by atoms with Crippen LogP contribution in [0.15, 0.2) is 41.5 Å². The van der Waals surface area contributed by atoms with Gasteiger partial charge in [-0.3, -0.25) is 9.59 Å². The topological polar surface area (TPSA) is 56.0 Å². The zero-order valence-corrected chi connectivity index (χ0v) is 16.3. The summed E-state index contributed by atoms with van der Waals surface area (Å²) >= 11 is 5.95. The zero-order valence-electron chi connectivity index (χ0n) is 15.6. The van der Waals surface area contributed by atoms with Crippen molar-refractivity contribution in [2.24, 2.45) is 14.1 Å². The number of carbonyl (C=O) groups excluding carboxylic acids is 1. The summed E-state index contributed by atoms with van der Waals surface area (Å²) in [6.45, 7) is 5.77. The van der Waals surface area contributed by atoms with Crippen molar-refractivity contribution in [1.29, 1.82) is 0 Å². The molecule has 0 saturated carbocycles. The molecule has 26 heavy (non-hydrogen) atoms. The average molecular weight is 372 g/mol.